The van der Waals surface area contributed by atoms with Gasteiger partial charge in [-0.15, -0.1) is 0 Å². The summed E-state index contributed by atoms with van der Waals surface area (Å²) in [5.74, 6) is 3.31. The van der Waals surface area contributed by atoms with Crippen molar-refractivity contribution in [3.8, 4) is 0 Å². The van der Waals surface area contributed by atoms with Crippen LogP contribution in [0.15, 0.2) is 28.7 Å². The van der Waals surface area contributed by atoms with Crippen molar-refractivity contribution in [1.82, 2.24) is 20.1 Å². The van der Waals surface area contributed by atoms with E-state index in [1.54, 1.807) is 0 Å². The van der Waals surface area contributed by atoms with Gasteiger partial charge in [-0.05, 0) is 56.2 Å². The van der Waals surface area contributed by atoms with Gasteiger partial charge in [0, 0.05) is 29.4 Å². The summed E-state index contributed by atoms with van der Waals surface area (Å²) in [6, 6.07) is 8.24. The Bertz CT molecular complexity index is 832. The first-order chi connectivity index (χ1) is 12.7. The normalized spacial score (nSPS) is 22.4. The van der Waals surface area contributed by atoms with Crippen LogP contribution in [0.25, 0.3) is 0 Å². The monoisotopic (exact) mass is 414 g/mol. The highest BCUT2D eigenvalue weighted by atomic mass is 79.9. The van der Waals surface area contributed by atoms with Crippen LogP contribution in [0.4, 0.5) is 0 Å². The van der Waals surface area contributed by atoms with Crippen LogP contribution in [0.5, 0.6) is 0 Å². The molecule has 1 saturated heterocycles. The van der Waals surface area contributed by atoms with Crippen molar-refractivity contribution in [2.45, 2.75) is 55.8 Å². The van der Waals surface area contributed by atoms with Crippen LogP contribution >= 0.6 is 15.9 Å². The van der Waals surface area contributed by atoms with E-state index in [0.717, 1.165) is 60.5 Å². The molecule has 0 spiro atoms. The van der Waals surface area contributed by atoms with Crippen molar-refractivity contribution in [2.24, 2.45) is 0 Å². The van der Waals surface area contributed by atoms with Crippen LogP contribution in [0.2, 0.25) is 0 Å². The Balaban J connectivity index is 1.25. The van der Waals surface area contributed by atoms with Gasteiger partial charge in [-0.3, -0.25) is 9.89 Å². The second kappa shape index (κ2) is 6.19. The van der Waals surface area contributed by atoms with Gasteiger partial charge in [0.05, 0.1) is 5.41 Å². The Morgan fingerprint density at radius 2 is 1.92 bits per heavy atom. The lowest BCUT2D eigenvalue weighted by molar-refractivity contribution is -0.135. The molecule has 2 aromatic rings. The van der Waals surface area contributed by atoms with Crippen molar-refractivity contribution in [1.29, 1.82) is 0 Å². The lowest BCUT2D eigenvalue weighted by atomic mass is 9.91. The quantitative estimate of drug-likeness (QED) is 0.825. The van der Waals surface area contributed by atoms with E-state index in [0.29, 0.717) is 17.7 Å². The average Bonchev–Trinajstić information content (AvgIpc) is 3.60. The van der Waals surface area contributed by atoms with Crippen LogP contribution in [0.3, 0.4) is 0 Å². The van der Waals surface area contributed by atoms with Gasteiger partial charge in [-0.2, -0.15) is 5.10 Å². The van der Waals surface area contributed by atoms with Crippen LogP contribution in [0.1, 0.15) is 67.6 Å². The summed E-state index contributed by atoms with van der Waals surface area (Å²) in [5.41, 5.74) is 0.880. The van der Waals surface area contributed by atoms with E-state index in [1.165, 1.54) is 12.8 Å². The highest BCUT2D eigenvalue weighted by molar-refractivity contribution is 9.10. The molecule has 1 aliphatic heterocycles. The molecule has 2 heterocycles. The molecule has 1 aromatic carbocycles. The van der Waals surface area contributed by atoms with Gasteiger partial charge < -0.3 is 4.90 Å². The van der Waals surface area contributed by atoms with E-state index in [4.69, 9.17) is 4.98 Å². The summed E-state index contributed by atoms with van der Waals surface area (Å²) in [6.07, 6.45) is 6.33. The topological polar surface area (TPSA) is 61.9 Å². The first-order valence-electron chi connectivity index (χ1n) is 9.63. The van der Waals surface area contributed by atoms with Gasteiger partial charge in [-0.25, -0.2) is 4.98 Å². The van der Waals surface area contributed by atoms with Gasteiger partial charge in [0.1, 0.15) is 5.82 Å². The predicted molar refractivity (Wildman–Crippen MR) is 102 cm³/mol. The fraction of sp³-hybridized carbons (Fsp3) is 0.550. The second-order valence-corrected chi connectivity index (χ2v) is 8.93. The molecule has 1 aromatic heterocycles. The third-order valence-electron chi connectivity index (χ3n) is 6.17. The predicted octanol–water partition coefficient (Wildman–Crippen LogP) is 3.88. The minimum absolute atomic E-state index is 0.276. The Hall–Kier alpha value is -1.69. The van der Waals surface area contributed by atoms with Crippen molar-refractivity contribution in [3.05, 3.63) is 46.0 Å². The number of H-pyrrole nitrogens is 1. The first-order valence-corrected chi connectivity index (χ1v) is 10.4. The number of nitrogens with zero attached hydrogens (tertiary/aromatic N) is 3. The summed E-state index contributed by atoms with van der Waals surface area (Å²) in [6.45, 7) is 1.64. The van der Waals surface area contributed by atoms with E-state index in [2.05, 4.69) is 43.2 Å². The molecule has 0 unspecified atom stereocenters. The van der Waals surface area contributed by atoms with Gasteiger partial charge in [0.2, 0.25) is 5.91 Å². The van der Waals surface area contributed by atoms with E-state index in [9.17, 15) is 4.79 Å². The third kappa shape index (κ3) is 2.88. The summed E-state index contributed by atoms with van der Waals surface area (Å²) < 4.78 is 1.05. The number of aromatic nitrogens is 3. The number of hydrogen-bond acceptors (Lipinski definition) is 3. The standard InChI is InChI=1S/C20H23BrN4O/c21-16-3-1-2-15(12-16)20(8-9-20)19(26)25-10-6-14(7-11-25)18-22-17(23-24-18)13-4-5-13/h1-3,12-14H,4-11H2,(H,22,23,24). The highest BCUT2D eigenvalue weighted by Gasteiger charge is 2.53. The fourth-order valence-corrected chi connectivity index (χ4v) is 4.59. The third-order valence-corrected chi connectivity index (χ3v) is 6.66. The molecule has 2 saturated carbocycles. The van der Waals surface area contributed by atoms with Gasteiger partial charge in [0.15, 0.2) is 5.82 Å². The average molecular weight is 415 g/mol. The molecule has 1 N–H and O–H groups in total. The smallest absolute Gasteiger partial charge is 0.233 e. The minimum atomic E-state index is -0.276. The molecular weight excluding hydrogens is 392 g/mol. The molecular formula is C20H23BrN4O. The SMILES string of the molecule is O=C(N1CCC(c2nc(C3CC3)n[nH]2)CC1)C1(c2cccc(Br)c2)CC1. The number of piperidine rings is 1. The Labute approximate surface area is 161 Å². The number of aromatic amines is 1. The molecule has 26 heavy (non-hydrogen) atoms. The fourth-order valence-electron chi connectivity index (χ4n) is 4.19. The van der Waals surface area contributed by atoms with E-state index in [-0.39, 0.29) is 5.41 Å². The number of amides is 1. The summed E-state index contributed by atoms with van der Waals surface area (Å²) >= 11 is 3.54. The van der Waals surface area contributed by atoms with Gasteiger partial charge >= 0.3 is 0 Å². The summed E-state index contributed by atoms with van der Waals surface area (Å²) in [7, 11) is 0. The van der Waals surface area contributed by atoms with Crippen molar-refractivity contribution < 1.29 is 4.79 Å². The van der Waals surface area contributed by atoms with Crippen molar-refractivity contribution >= 4 is 21.8 Å². The number of benzene rings is 1. The zero-order valence-corrected chi connectivity index (χ0v) is 16.3. The van der Waals surface area contributed by atoms with Gasteiger partial charge in [0.25, 0.3) is 0 Å². The number of nitrogens with one attached hydrogen (secondary N) is 1. The molecule has 0 radical (unpaired) electrons. The molecule has 5 rings (SSSR count). The second-order valence-electron chi connectivity index (χ2n) is 8.01. The Kier molecular flexibility index (Phi) is 3.92. The molecule has 5 nitrogen and oxygen atoms in total. The van der Waals surface area contributed by atoms with Crippen LogP contribution < -0.4 is 0 Å². The number of carbonyl (C=O) groups is 1. The van der Waals surface area contributed by atoms with E-state index < -0.39 is 0 Å². The zero-order valence-electron chi connectivity index (χ0n) is 14.7. The van der Waals surface area contributed by atoms with Gasteiger partial charge in [-0.1, -0.05) is 28.1 Å². The molecule has 0 bridgehead atoms. The maximum Gasteiger partial charge on any atom is 0.233 e. The summed E-state index contributed by atoms with van der Waals surface area (Å²) in [5, 5.41) is 7.53. The van der Waals surface area contributed by atoms with Crippen molar-refractivity contribution in [3.63, 3.8) is 0 Å². The lowest BCUT2D eigenvalue weighted by Gasteiger charge is -2.34. The molecule has 0 atom stereocenters. The van der Waals surface area contributed by atoms with E-state index in [1.807, 2.05) is 12.1 Å². The number of rotatable bonds is 4. The minimum Gasteiger partial charge on any atom is -0.342 e. The molecule has 3 fully saturated rings. The largest absolute Gasteiger partial charge is 0.342 e. The maximum absolute atomic E-state index is 13.2. The summed E-state index contributed by atoms with van der Waals surface area (Å²) in [4.78, 5) is 20.0. The lowest BCUT2D eigenvalue weighted by Crippen LogP contribution is -2.43. The highest BCUT2D eigenvalue weighted by Crippen LogP contribution is 2.50. The maximum atomic E-state index is 13.2. The first kappa shape index (κ1) is 16.5. The Morgan fingerprint density at radius 3 is 2.58 bits per heavy atom. The van der Waals surface area contributed by atoms with Crippen LogP contribution in [0, 0.1) is 0 Å². The molecule has 136 valence electrons. The molecule has 6 heteroatoms. The van der Waals surface area contributed by atoms with Crippen molar-refractivity contribution in [2.75, 3.05) is 13.1 Å². The number of likely N-dealkylation sites (tertiary alicyclic amines) is 1. The van der Waals surface area contributed by atoms with E-state index >= 15 is 0 Å². The number of carbonyl (C=O) groups excluding carboxylic acids is 1. The van der Waals surface area contributed by atoms with Crippen LogP contribution in [-0.4, -0.2) is 39.1 Å². The Morgan fingerprint density at radius 1 is 1.15 bits per heavy atom. The molecule has 1 amide bonds. The molecule has 2 aliphatic carbocycles. The number of hydrogen-bond donors (Lipinski definition) is 1. The molecule has 3 aliphatic rings. The number of halogens is 1. The van der Waals surface area contributed by atoms with Crippen LogP contribution in [-0.2, 0) is 10.2 Å². The zero-order chi connectivity index (χ0) is 17.7.